The Kier molecular flexibility index (Phi) is 5.78. The molecule has 128 valence electrons. The number of carbonyl (C=O) groups excluding carboxylic acids is 2. The van der Waals surface area contributed by atoms with Gasteiger partial charge in [-0.15, -0.1) is 0 Å². The van der Waals surface area contributed by atoms with Crippen LogP contribution in [0.15, 0.2) is 29.0 Å². The second-order valence-electron chi connectivity index (χ2n) is 6.53. The van der Waals surface area contributed by atoms with Crippen LogP contribution in [-0.2, 0) is 16.6 Å². The number of nitrogens with zero attached hydrogens (tertiary/aromatic N) is 3. The second kappa shape index (κ2) is 7.81. The molecule has 1 N–H and O–H groups in total. The molecule has 0 atom stereocenters. The van der Waals surface area contributed by atoms with Crippen LogP contribution >= 0.6 is 0 Å². The minimum Gasteiger partial charge on any atom is -0.356 e. The second-order valence-corrected chi connectivity index (χ2v) is 6.53. The van der Waals surface area contributed by atoms with E-state index < -0.39 is 0 Å². The van der Waals surface area contributed by atoms with Gasteiger partial charge in [-0.2, -0.15) is 4.98 Å². The number of carbonyl (C=O) groups is 2. The van der Waals surface area contributed by atoms with Gasteiger partial charge in [0.2, 0.25) is 11.8 Å². The number of aromatic nitrogens is 3. The van der Waals surface area contributed by atoms with Crippen molar-refractivity contribution in [3.63, 3.8) is 0 Å². The Bertz CT molecular complexity index is 689. The largest absolute Gasteiger partial charge is 0.356 e. The summed E-state index contributed by atoms with van der Waals surface area (Å²) in [5.74, 6) is 0.871. The zero-order valence-corrected chi connectivity index (χ0v) is 14.2. The molecule has 2 aromatic rings. The maximum absolute atomic E-state index is 11.9. The summed E-state index contributed by atoms with van der Waals surface area (Å²) in [6.45, 7) is 6.38. The summed E-state index contributed by atoms with van der Waals surface area (Å²) in [5, 5.41) is 6.65. The van der Waals surface area contributed by atoms with Crippen molar-refractivity contribution in [1.82, 2.24) is 20.4 Å². The van der Waals surface area contributed by atoms with Crippen molar-refractivity contribution in [2.24, 2.45) is 0 Å². The van der Waals surface area contributed by atoms with E-state index in [1.807, 2.05) is 20.8 Å². The normalized spacial score (nSPS) is 11.3. The van der Waals surface area contributed by atoms with E-state index in [2.05, 4.69) is 20.4 Å². The van der Waals surface area contributed by atoms with Crippen LogP contribution in [0.3, 0.4) is 0 Å². The van der Waals surface area contributed by atoms with E-state index in [0.717, 1.165) is 0 Å². The standard InChI is InChI=1S/C17H22N4O3/c1-17(2,3)16-20-14(21-24-16)8-10-19-15(23)7-6-13(22)12-5-4-9-18-11-12/h4-5,9,11H,6-8,10H2,1-3H3,(H,19,23). The van der Waals surface area contributed by atoms with Gasteiger partial charge in [0.1, 0.15) is 0 Å². The van der Waals surface area contributed by atoms with Gasteiger partial charge in [-0.3, -0.25) is 14.6 Å². The first-order valence-electron chi connectivity index (χ1n) is 7.89. The van der Waals surface area contributed by atoms with Gasteiger partial charge in [-0.25, -0.2) is 0 Å². The predicted octanol–water partition coefficient (Wildman–Crippen LogP) is 2.08. The monoisotopic (exact) mass is 330 g/mol. The third-order valence-corrected chi connectivity index (χ3v) is 3.34. The minimum atomic E-state index is -0.193. The number of amides is 1. The Hall–Kier alpha value is -2.57. The summed E-state index contributed by atoms with van der Waals surface area (Å²) in [4.78, 5) is 31.9. The maximum Gasteiger partial charge on any atom is 0.232 e. The van der Waals surface area contributed by atoms with Crippen LogP contribution in [0, 0.1) is 0 Å². The zero-order valence-electron chi connectivity index (χ0n) is 14.2. The van der Waals surface area contributed by atoms with E-state index >= 15 is 0 Å². The third-order valence-electron chi connectivity index (χ3n) is 3.34. The van der Waals surface area contributed by atoms with Crippen LogP contribution in [0.25, 0.3) is 0 Å². The Balaban J connectivity index is 1.70. The molecule has 0 aromatic carbocycles. The molecule has 2 rings (SSSR count). The summed E-state index contributed by atoms with van der Waals surface area (Å²) < 4.78 is 5.19. The van der Waals surface area contributed by atoms with Crippen molar-refractivity contribution < 1.29 is 14.1 Å². The number of pyridine rings is 1. The fraction of sp³-hybridized carbons (Fsp3) is 0.471. The van der Waals surface area contributed by atoms with Crippen LogP contribution in [0.1, 0.15) is 55.7 Å². The number of hydrogen-bond acceptors (Lipinski definition) is 6. The molecule has 7 nitrogen and oxygen atoms in total. The third kappa shape index (κ3) is 5.26. The van der Waals surface area contributed by atoms with Crippen LogP contribution in [0.5, 0.6) is 0 Å². The lowest BCUT2D eigenvalue weighted by Crippen LogP contribution is -2.26. The Morgan fingerprint density at radius 2 is 2.04 bits per heavy atom. The molecule has 0 aliphatic heterocycles. The first kappa shape index (κ1) is 17.8. The average Bonchev–Trinajstić information content (AvgIpc) is 3.02. The Morgan fingerprint density at radius 1 is 1.25 bits per heavy atom. The lowest BCUT2D eigenvalue weighted by Gasteiger charge is -2.10. The molecule has 2 heterocycles. The lowest BCUT2D eigenvalue weighted by atomic mass is 9.97. The molecule has 0 aliphatic carbocycles. The highest BCUT2D eigenvalue weighted by Crippen LogP contribution is 2.19. The van der Waals surface area contributed by atoms with E-state index in [1.165, 1.54) is 6.20 Å². The average molecular weight is 330 g/mol. The minimum absolute atomic E-state index is 0.0914. The summed E-state index contributed by atoms with van der Waals surface area (Å²) in [6, 6.07) is 3.39. The van der Waals surface area contributed by atoms with Crippen LogP contribution in [0.2, 0.25) is 0 Å². The first-order valence-corrected chi connectivity index (χ1v) is 7.89. The fourth-order valence-electron chi connectivity index (χ4n) is 1.96. The van der Waals surface area contributed by atoms with E-state index in [-0.39, 0.29) is 29.9 Å². The van der Waals surface area contributed by atoms with Gasteiger partial charge in [0.05, 0.1) is 0 Å². The molecule has 2 aromatic heterocycles. The van der Waals surface area contributed by atoms with E-state index in [4.69, 9.17) is 4.52 Å². The van der Waals surface area contributed by atoms with Crippen molar-refractivity contribution >= 4 is 11.7 Å². The molecule has 0 bridgehead atoms. The van der Waals surface area contributed by atoms with Gasteiger partial charge in [-0.1, -0.05) is 25.9 Å². The van der Waals surface area contributed by atoms with Gasteiger partial charge >= 0.3 is 0 Å². The predicted molar refractivity (Wildman–Crippen MR) is 87.5 cm³/mol. The number of Topliss-reactive ketones (excluding diaryl/α,β-unsaturated/α-hetero) is 1. The molecule has 0 unspecified atom stereocenters. The van der Waals surface area contributed by atoms with E-state index in [1.54, 1.807) is 18.3 Å². The zero-order chi connectivity index (χ0) is 17.6. The SMILES string of the molecule is CC(C)(C)c1nc(CCNC(=O)CCC(=O)c2cccnc2)no1. The Labute approximate surface area is 140 Å². The molecule has 0 spiro atoms. The molecule has 1 amide bonds. The molecule has 0 fully saturated rings. The quantitative estimate of drug-likeness (QED) is 0.781. The van der Waals surface area contributed by atoms with Crippen molar-refractivity contribution in [1.29, 1.82) is 0 Å². The van der Waals surface area contributed by atoms with Gasteiger partial charge in [0.15, 0.2) is 11.6 Å². The molecule has 0 radical (unpaired) electrons. The number of nitrogens with one attached hydrogen (secondary N) is 1. The summed E-state index contributed by atoms with van der Waals surface area (Å²) >= 11 is 0. The van der Waals surface area contributed by atoms with Gasteiger partial charge in [0.25, 0.3) is 0 Å². The van der Waals surface area contributed by atoms with Crippen molar-refractivity contribution in [3.05, 3.63) is 41.8 Å². The molecular formula is C17H22N4O3. The molecule has 0 saturated heterocycles. The van der Waals surface area contributed by atoms with Crippen LogP contribution in [0.4, 0.5) is 0 Å². The van der Waals surface area contributed by atoms with E-state index in [0.29, 0.717) is 30.2 Å². The highest BCUT2D eigenvalue weighted by Gasteiger charge is 2.21. The molecule has 0 aliphatic rings. The Morgan fingerprint density at radius 3 is 2.67 bits per heavy atom. The smallest absolute Gasteiger partial charge is 0.232 e. The van der Waals surface area contributed by atoms with Crippen molar-refractivity contribution in [2.75, 3.05) is 6.54 Å². The number of rotatable bonds is 7. The fourth-order valence-corrected chi connectivity index (χ4v) is 1.96. The van der Waals surface area contributed by atoms with Gasteiger partial charge < -0.3 is 9.84 Å². The number of ketones is 1. The topological polar surface area (TPSA) is 98.0 Å². The van der Waals surface area contributed by atoms with E-state index in [9.17, 15) is 9.59 Å². The lowest BCUT2D eigenvalue weighted by molar-refractivity contribution is -0.121. The highest BCUT2D eigenvalue weighted by molar-refractivity contribution is 5.97. The van der Waals surface area contributed by atoms with Crippen LogP contribution in [-0.4, -0.2) is 33.4 Å². The molecule has 24 heavy (non-hydrogen) atoms. The van der Waals surface area contributed by atoms with Crippen molar-refractivity contribution in [2.45, 2.75) is 45.4 Å². The first-order chi connectivity index (χ1) is 11.4. The van der Waals surface area contributed by atoms with Crippen LogP contribution < -0.4 is 5.32 Å². The van der Waals surface area contributed by atoms with Crippen molar-refractivity contribution in [3.8, 4) is 0 Å². The highest BCUT2D eigenvalue weighted by atomic mass is 16.5. The summed E-state index contributed by atoms with van der Waals surface area (Å²) in [6.07, 6.45) is 3.90. The maximum atomic E-state index is 11.9. The molecule has 7 heteroatoms. The summed E-state index contributed by atoms with van der Waals surface area (Å²) in [5.41, 5.74) is 0.327. The van der Waals surface area contributed by atoms with Gasteiger partial charge in [0, 0.05) is 49.2 Å². The summed E-state index contributed by atoms with van der Waals surface area (Å²) in [7, 11) is 0. The molecular weight excluding hydrogens is 308 g/mol. The number of hydrogen-bond donors (Lipinski definition) is 1. The van der Waals surface area contributed by atoms with Gasteiger partial charge in [-0.05, 0) is 12.1 Å². The molecule has 0 saturated carbocycles.